The number of hydrogen-bond acceptors (Lipinski definition) is 3. The number of ether oxygens (including phenoxy) is 1. The zero-order valence-electron chi connectivity index (χ0n) is 14.1. The number of benzene rings is 3. The maximum absolute atomic E-state index is 12.4. The Morgan fingerprint density at radius 1 is 1.12 bits per heavy atom. The molecule has 130 valence electrons. The van der Waals surface area contributed by atoms with Crippen LogP contribution in [0.5, 0.6) is 0 Å². The number of carbonyl (C=O) groups excluding carboxylic acids is 2. The van der Waals surface area contributed by atoms with E-state index in [1.165, 1.54) is 7.11 Å². The number of carbonyl (C=O) groups is 2. The first-order chi connectivity index (χ1) is 12.6. The number of esters is 1. The van der Waals surface area contributed by atoms with E-state index in [9.17, 15) is 9.59 Å². The van der Waals surface area contributed by atoms with Crippen LogP contribution in [0.4, 0.5) is 5.69 Å². The lowest BCUT2D eigenvalue weighted by Gasteiger charge is -2.28. The van der Waals surface area contributed by atoms with Crippen molar-refractivity contribution in [3.05, 3.63) is 75.8 Å². The maximum Gasteiger partial charge on any atom is 0.337 e. The fraction of sp³-hybridized carbons (Fsp3) is 0.143. The highest BCUT2D eigenvalue weighted by atomic mass is 79.9. The van der Waals surface area contributed by atoms with Gasteiger partial charge in [-0.15, -0.1) is 0 Å². The van der Waals surface area contributed by atoms with Crippen LogP contribution in [0, 0.1) is 0 Å². The third-order valence-corrected chi connectivity index (χ3v) is 5.44. The van der Waals surface area contributed by atoms with E-state index in [1.54, 1.807) is 12.1 Å². The number of anilines is 1. The minimum absolute atomic E-state index is 0.00739. The molecule has 0 saturated carbocycles. The van der Waals surface area contributed by atoms with Gasteiger partial charge in [-0.05, 0) is 34.7 Å². The highest BCUT2D eigenvalue weighted by molar-refractivity contribution is 9.10. The molecule has 0 bridgehead atoms. The highest BCUT2D eigenvalue weighted by Gasteiger charge is 2.28. The number of nitrogens with one attached hydrogen (secondary N) is 1. The Labute approximate surface area is 159 Å². The topological polar surface area (TPSA) is 55.4 Å². The summed E-state index contributed by atoms with van der Waals surface area (Å²) in [5, 5.41) is 5.11. The third kappa shape index (κ3) is 2.78. The minimum Gasteiger partial charge on any atom is -0.465 e. The first kappa shape index (κ1) is 16.8. The molecule has 0 aromatic heterocycles. The van der Waals surface area contributed by atoms with E-state index in [2.05, 4.69) is 27.3 Å². The molecule has 1 aliphatic rings. The van der Waals surface area contributed by atoms with Gasteiger partial charge >= 0.3 is 5.97 Å². The van der Waals surface area contributed by atoms with Crippen molar-refractivity contribution in [2.75, 3.05) is 12.4 Å². The molecule has 0 fully saturated rings. The van der Waals surface area contributed by atoms with Crippen molar-refractivity contribution in [1.82, 2.24) is 0 Å². The molecule has 0 radical (unpaired) electrons. The molecule has 4 nitrogen and oxygen atoms in total. The van der Waals surface area contributed by atoms with Gasteiger partial charge in [0.2, 0.25) is 5.91 Å². The van der Waals surface area contributed by atoms with Gasteiger partial charge < -0.3 is 10.1 Å². The molecule has 1 atom stereocenters. The van der Waals surface area contributed by atoms with Crippen LogP contribution in [0.2, 0.25) is 0 Å². The van der Waals surface area contributed by atoms with Gasteiger partial charge in [-0.3, -0.25) is 4.79 Å². The normalized spacial score (nSPS) is 16.1. The summed E-state index contributed by atoms with van der Waals surface area (Å²) in [6.07, 6.45) is 0.370. The molecule has 26 heavy (non-hydrogen) atoms. The van der Waals surface area contributed by atoms with Crippen molar-refractivity contribution in [1.29, 1.82) is 0 Å². The lowest BCUT2D eigenvalue weighted by atomic mass is 9.83. The highest BCUT2D eigenvalue weighted by Crippen LogP contribution is 2.43. The molecular formula is C21H16BrNO3. The Bertz CT molecular complexity index is 1030. The summed E-state index contributed by atoms with van der Waals surface area (Å²) in [6.45, 7) is 0. The van der Waals surface area contributed by atoms with Crippen LogP contribution in [0.3, 0.4) is 0 Å². The lowest BCUT2D eigenvalue weighted by Crippen LogP contribution is -2.24. The van der Waals surface area contributed by atoms with Gasteiger partial charge in [-0.2, -0.15) is 0 Å². The largest absolute Gasteiger partial charge is 0.465 e. The number of fused-ring (bicyclic) bond motifs is 3. The fourth-order valence-electron chi connectivity index (χ4n) is 3.52. The second kappa shape index (κ2) is 6.57. The fourth-order valence-corrected chi connectivity index (χ4v) is 4.11. The molecule has 0 saturated heterocycles. The van der Waals surface area contributed by atoms with E-state index >= 15 is 0 Å². The van der Waals surface area contributed by atoms with Gasteiger partial charge in [0.1, 0.15) is 0 Å². The predicted molar refractivity (Wildman–Crippen MR) is 105 cm³/mol. The Morgan fingerprint density at radius 2 is 1.81 bits per heavy atom. The summed E-state index contributed by atoms with van der Waals surface area (Å²) < 4.78 is 5.75. The summed E-state index contributed by atoms with van der Waals surface area (Å²) >= 11 is 3.66. The molecule has 1 amide bonds. The van der Waals surface area contributed by atoms with E-state index in [-0.39, 0.29) is 17.8 Å². The smallest absolute Gasteiger partial charge is 0.337 e. The molecule has 1 aliphatic heterocycles. The number of methoxy groups -OCH3 is 1. The van der Waals surface area contributed by atoms with E-state index in [4.69, 9.17) is 4.74 Å². The number of halogens is 1. The Morgan fingerprint density at radius 3 is 2.50 bits per heavy atom. The molecule has 5 heteroatoms. The van der Waals surface area contributed by atoms with Crippen molar-refractivity contribution in [3.63, 3.8) is 0 Å². The van der Waals surface area contributed by atoms with Crippen LogP contribution in [-0.2, 0) is 9.53 Å². The average Bonchev–Trinajstić information content (AvgIpc) is 2.68. The van der Waals surface area contributed by atoms with Crippen molar-refractivity contribution in [3.8, 4) is 0 Å². The Kier molecular flexibility index (Phi) is 4.24. The molecule has 1 N–H and O–H groups in total. The predicted octanol–water partition coefficient (Wildman–Crippen LogP) is 4.86. The number of amides is 1. The molecule has 3 aromatic rings. The van der Waals surface area contributed by atoms with Gasteiger partial charge in [0, 0.05) is 22.2 Å². The lowest BCUT2D eigenvalue weighted by molar-refractivity contribution is -0.116. The molecular weight excluding hydrogens is 394 g/mol. The summed E-state index contributed by atoms with van der Waals surface area (Å²) in [7, 11) is 1.36. The zero-order valence-corrected chi connectivity index (χ0v) is 15.7. The third-order valence-electron chi connectivity index (χ3n) is 4.79. The van der Waals surface area contributed by atoms with Crippen molar-refractivity contribution in [2.45, 2.75) is 12.3 Å². The quantitative estimate of drug-likeness (QED) is 0.614. The number of rotatable bonds is 2. The summed E-state index contributed by atoms with van der Waals surface area (Å²) in [6, 6.07) is 17.3. The van der Waals surface area contributed by atoms with E-state index in [0.29, 0.717) is 12.0 Å². The standard InChI is InChI=1S/C21H16BrNO3/c1-26-21(25)13-8-6-12(7-9-13)16-11-19(24)23-20-15-5-3-2-4-14(15)18(22)10-17(16)20/h2-10,16H,11H2,1H3,(H,23,24)/t16-/m1/s1. The minimum atomic E-state index is -0.368. The summed E-state index contributed by atoms with van der Waals surface area (Å²) in [5.41, 5.74) is 3.43. The van der Waals surface area contributed by atoms with Gasteiger partial charge in [0.25, 0.3) is 0 Å². The first-order valence-corrected chi connectivity index (χ1v) is 9.07. The van der Waals surface area contributed by atoms with Gasteiger partial charge in [-0.1, -0.05) is 52.3 Å². The molecule has 0 aliphatic carbocycles. The Hall–Kier alpha value is -2.66. The van der Waals surface area contributed by atoms with Crippen LogP contribution >= 0.6 is 15.9 Å². The molecule has 0 unspecified atom stereocenters. The zero-order chi connectivity index (χ0) is 18.3. The van der Waals surface area contributed by atoms with Crippen LogP contribution in [-0.4, -0.2) is 19.0 Å². The van der Waals surface area contributed by atoms with Gasteiger partial charge in [-0.25, -0.2) is 4.79 Å². The maximum atomic E-state index is 12.4. The van der Waals surface area contributed by atoms with Crippen LogP contribution in [0.1, 0.15) is 33.8 Å². The molecule has 4 rings (SSSR count). The SMILES string of the molecule is COC(=O)c1ccc([C@H]2CC(=O)Nc3c2cc(Br)c2ccccc32)cc1. The van der Waals surface area contributed by atoms with Crippen molar-refractivity contribution < 1.29 is 14.3 Å². The van der Waals surface area contributed by atoms with Crippen molar-refractivity contribution >= 4 is 44.3 Å². The van der Waals surface area contributed by atoms with E-state index < -0.39 is 0 Å². The molecule has 3 aromatic carbocycles. The van der Waals surface area contributed by atoms with Crippen molar-refractivity contribution in [2.24, 2.45) is 0 Å². The average molecular weight is 410 g/mol. The first-order valence-electron chi connectivity index (χ1n) is 8.27. The summed E-state index contributed by atoms with van der Waals surface area (Å²) in [4.78, 5) is 24.0. The van der Waals surface area contributed by atoms with Crippen LogP contribution in [0.15, 0.2) is 59.1 Å². The van der Waals surface area contributed by atoms with Crippen LogP contribution in [0.25, 0.3) is 10.8 Å². The second-order valence-electron chi connectivity index (χ2n) is 6.29. The van der Waals surface area contributed by atoms with Gasteiger partial charge in [0.15, 0.2) is 0 Å². The van der Waals surface area contributed by atoms with Gasteiger partial charge in [0.05, 0.1) is 18.4 Å². The molecule has 1 heterocycles. The Balaban J connectivity index is 1.85. The number of hydrogen-bond donors (Lipinski definition) is 1. The van der Waals surface area contributed by atoms with E-state index in [1.807, 2.05) is 36.4 Å². The summed E-state index contributed by atoms with van der Waals surface area (Å²) in [5.74, 6) is -0.439. The van der Waals surface area contributed by atoms with Crippen LogP contribution < -0.4 is 5.32 Å². The monoisotopic (exact) mass is 409 g/mol. The second-order valence-corrected chi connectivity index (χ2v) is 7.14. The van der Waals surface area contributed by atoms with E-state index in [0.717, 1.165) is 32.1 Å². The molecule has 0 spiro atoms.